The van der Waals surface area contributed by atoms with Crippen molar-refractivity contribution in [3.63, 3.8) is 0 Å². The topological polar surface area (TPSA) is 58.2 Å². The third-order valence-electron chi connectivity index (χ3n) is 3.55. The summed E-state index contributed by atoms with van der Waals surface area (Å²) in [6, 6.07) is 0. The Kier molecular flexibility index (Phi) is 5.22. The quantitative estimate of drug-likeness (QED) is 0.526. The van der Waals surface area contributed by atoms with E-state index in [1.165, 1.54) is 0 Å². The zero-order valence-corrected chi connectivity index (χ0v) is 11.8. The molecule has 4 nitrogen and oxygen atoms in total. The van der Waals surface area contributed by atoms with E-state index in [1.807, 2.05) is 0 Å². The molecule has 1 aliphatic rings. The van der Waals surface area contributed by atoms with Gasteiger partial charge in [0.1, 0.15) is 11.1 Å². The normalized spacial score (nSPS) is 19.8. The monoisotopic (exact) mass is 274 g/mol. The Labute approximate surface area is 120 Å². The van der Waals surface area contributed by atoms with Crippen molar-refractivity contribution in [2.75, 3.05) is 0 Å². The molecule has 20 heavy (non-hydrogen) atoms. The van der Waals surface area contributed by atoms with Gasteiger partial charge in [0.2, 0.25) is 11.8 Å². The third kappa shape index (κ3) is 2.80. The Morgan fingerprint density at radius 2 is 1.05 bits per heavy atom. The van der Waals surface area contributed by atoms with Crippen molar-refractivity contribution in [1.82, 2.24) is 10.6 Å². The van der Waals surface area contributed by atoms with E-state index in [-0.39, 0.29) is 11.8 Å². The van der Waals surface area contributed by atoms with Crippen LogP contribution in [0.3, 0.4) is 0 Å². The first-order chi connectivity index (χ1) is 9.50. The van der Waals surface area contributed by atoms with E-state index in [1.54, 1.807) is 24.3 Å². The number of amides is 2. The van der Waals surface area contributed by atoms with Gasteiger partial charge in [-0.05, 0) is 25.7 Å². The first kappa shape index (κ1) is 16.1. The van der Waals surface area contributed by atoms with Crippen LogP contribution in [0.1, 0.15) is 25.7 Å². The molecule has 1 heterocycles. The summed E-state index contributed by atoms with van der Waals surface area (Å²) in [5, 5.41) is 5.71. The largest absolute Gasteiger partial charge is 0.293 e. The van der Waals surface area contributed by atoms with E-state index in [0.717, 1.165) is 0 Å². The van der Waals surface area contributed by atoms with Crippen molar-refractivity contribution in [3.8, 4) is 0 Å². The Balaban J connectivity index is 3.26. The van der Waals surface area contributed by atoms with Crippen molar-refractivity contribution in [2.45, 2.75) is 36.8 Å². The summed E-state index contributed by atoms with van der Waals surface area (Å²) in [6.45, 7) is 14.8. The van der Waals surface area contributed by atoms with Crippen molar-refractivity contribution >= 4 is 11.8 Å². The first-order valence-corrected chi connectivity index (χ1v) is 6.59. The molecule has 0 radical (unpaired) electrons. The zero-order valence-electron chi connectivity index (χ0n) is 11.8. The average molecular weight is 274 g/mol. The van der Waals surface area contributed by atoms with Crippen LogP contribution in [0.4, 0.5) is 0 Å². The van der Waals surface area contributed by atoms with E-state index in [4.69, 9.17) is 0 Å². The molecule has 108 valence electrons. The van der Waals surface area contributed by atoms with Gasteiger partial charge >= 0.3 is 0 Å². The summed E-state index contributed by atoms with van der Waals surface area (Å²) in [6.07, 6.45) is 8.30. The lowest BCUT2D eigenvalue weighted by Gasteiger charge is -2.46. The molecular formula is C16H22N2O2. The predicted molar refractivity (Wildman–Crippen MR) is 81.0 cm³/mol. The summed E-state index contributed by atoms with van der Waals surface area (Å²) in [5.41, 5.74) is -1.80. The van der Waals surface area contributed by atoms with E-state index in [0.29, 0.717) is 25.7 Å². The Hall–Kier alpha value is -1.94. The summed E-state index contributed by atoms with van der Waals surface area (Å²) in [4.78, 5) is 24.5. The van der Waals surface area contributed by atoms with E-state index >= 15 is 0 Å². The van der Waals surface area contributed by atoms with Gasteiger partial charge < -0.3 is 0 Å². The average Bonchev–Trinajstić information content (AvgIpc) is 2.38. The maximum atomic E-state index is 12.3. The van der Waals surface area contributed by atoms with E-state index in [2.05, 4.69) is 36.9 Å². The SMILES string of the molecule is C=CCC1(CC=C)NC(CC=C)(CC=C)C(=O)NC1=O. The summed E-state index contributed by atoms with van der Waals surface area (Å²) in [5.74, 6) is -0.683. The predicted octanol–water partition coefficient (Wildman–Crippen LogP) is 2.01. The van der Waals surface area contributed by atoms with E-state index in [9.17, 15) is 9.59 Å². The van der Waals surface area contributed by atoms with Gasteiger partial charge in [-0.2, -0.15) is 0 Å². The number of piperazine rings is 1. The molecule has 0 aromatic heterocycles. The van der Waals surface area contributed by atoms with Gasteiger partial charge in [-0.3, -0.25) is 20.2 Å². The first-order valence-electron chi connectivity index (χ1n) is 6.59. The molecule has 0 bridgehead atoms. The molecule has 4 heteroatoms. The molecule has 0 saturated carbocycles. The van der Waals surface area contributed by atoms with Crippen molar-refractivity contribution in [1.29, 1.82) is 0 Å². The highest BCUT2D eigenvalue weighted by atomic mass is 16.2. The summed E-state index contributed by atoms with van der Waals surface area (Å²) >= 11 is 0. The maximum Gasteiger partial charge on any atom is 0.247 e. The number of hydrogen-bond acceptors (Lipinski definition) is 3. The van der Waals surface area contributed by atoms with Crippen LogP contribution < -0.4 is 10.6 Å². The van der Waals surface area contributed by atoms with Crippen LogP contribution in [-0.4, -0.2) is 22.9 Å². The molecule has 0 aliphatic carbocycles. The second-order valence-corrected chi connectivity index (χ2v) is 5.04. The number of carbonyl (C=O) groups excluding carboxylic acids is 2. The minimum absolute atomic E-state index is 0.342. The third-order valence-corrected chi connectivity index (χ3v) is 3.55. The van der Waals surface area contributed by atoms with Gasteiger partial charge in [0.15, 0.2) is 0 Å². The van der Waals surface area contributed by atoms with Crippen molar-refractivity contribution in [2.24, 2.45) is 0 Å². The van der Waals surface area contributed by atoms with Crippen LogP contribution in [0.5, 0.6) is 0 Å². The highest BCUT2D eigenvalue weighted by Crippen LogP contribution is 2.30. The molecule has 2 amide bonds. The molecule has 0 unspecified atom stereocenters. The minimum Gasteiger partial charge on any atom is -0.293 e. The summed E-state index contributed by atoms with van der Waals surface area (Å²) < 4.78 is 0. The number of imide groups is 1. The fraction of sp³-hybridized carbons (Fsp3) is 0.375. The Morgan fingerprint density at radius 1 is 0.750 bits per heavy atom. The molecular weight excluding hydrogens is 252 g/mol. The van der Waals surface area contributed by atoms with Crippen LogP contribution in [0.25, 0.3) is 0 Å². The lowest BCUT2D eigenvalue weighted by Crippen LogP contribution is -2.75. The van der Waals surface area contributed by atoms with Crippen molar-refractivity contribution < 1.29 is 9.59 Å². The molecule has 1 saturated heterocycles. The van der Waals surface area contributed by atoms with Crippen LogP contribution >= 0.6 is 0 Å². The van der Waals surface area contributed by atoms with Gasteiger partial charge in [0.05, 0.1) is 0 Å². The molecule has 1 rings (SSSR count). The van der Waals surface area contributed by atoms with Crippen LogP contribution in [-0.2, 0) is 9.59 Å². The number of hydrogen-bond donors (Lipinski definition) is 2. The summed E-state index contributed by atoms with van der Waals surface area (Å²) in [7, 11) is 0. The van der Waals surface area contributed by atoms with Gasteiger partial charge in [0.25, 0.3) is 0 Å². The highest BCUT2D eigenvalue weighted by Gasteiger charge is 2.52. The Morgan fingerprint density at radius 3 is 1.30 bits per heavy atom. The second kappa shape index (κ2) is 6.48. The molecule has 0 aromatic rings. The maximum absolute atomic E-state index is 12.3. The zero-order chi connectivity index (χ0) is 15.2. The standard InChI is InChI=1S/C16H22N2O2/c1-5-9-15(10-6-2)13(19)17-14(20)16(18-15,11-7-3)12-8-4/h5-8,18H,1-4,9-12H2,(H,17,19,20). The second-order valence-electron chi connectivity index (χ2n) is 5.04. The van der Waals surface area contributed by atoms with Gasteiger partial charge in [-0.1, -0.05) is 24.3 Å². The minimum atomic E-state index is -0.899. The van der Waals surface area contributed by atoms with Crippen LogP contribution in [0.2, 0.25) is 0 Å². The number of rotatable bonds is 8. The molecule has 2 N–H and O–H groups in total. The van der Waals surface area contributed by atoms with Crippen molar-refractivity contribution in [3.05, 3.63) is 50.6 Å². The Bertz CT molecular complexity index is 391. The van der Waals surface area contributed by atoms with Gasteiger partial charge in [0, 0.05) is 0 Å². The van der Waals surface area contributed by atoms with Crippen LogP contribution in [0.15, 0.2) is 50.6 Å². The van der Waals surface area contributed by atoms with E-state index < -0.39 is 11.1 Å². The number of carbonyl (C=O) groups is 2. The molecule has 1 fully saturated rings. The lowest BCUT2D eigenvalue weighted by atomic mass is 9.78. The van der Waals surface area contributed by atoms with Gasteiger partial charge in [-0.25, -0.2) is 0 Å². The molecule has 0 spiro atoms. The molecule has 0 atom stereocenters. The van der Waals surface area contributed by atoms with Crippen LogP contribution in [0, 0.1) is 0 Å². The fourth-order valence-electron chi connectivity index (χ4n) is 2.64. The highest BCUT2D eigenvalue weighted by molar-refractivity contribution is 6.07. The molecule has 0 aromatic carbocycles. The number of nitrogens with one attached hydrogen (secondary N) is 2. The smallest absolute Gasteiger partial charge is 0.247 e. The fourth-order valence-corrected chi connectivity index (χ4v) is 2.64. The van der Waals surface area contributed by atoms with Gasteiger partial charge in [-0.15, -0.1) is 26.3 Å². The molecule has 1 aliphatic heterocycles. The lowest BCUT2D eigenvalue weighted by molar-refractivity contribution is -0.145.